The second-order valence-corrected chi connectivity index (χ2v) is 3.83. The molecular weight excluding hydrogens is 256 g/mol. The zero-order chi connectivity index (χ0) is 11.3. The molecule has 0 aliphatic carbocycles. The van der Waals surface area contributed by atoms with Crippen LogP contribution in [0, 0.1) is 12.3 Å². The number of terminal acetylenes is 1. The lowest BCUT2D eigenvalue weighted by Crippen LogP contribution is -2.31. The topological polar surface area (TPSA) is 33.2 Å². The summed E-state index contributed by atoms with van der Waals surface area (Å²) in [6.45, 7) is 2.80. The van der Waals surface area contributed by atoms with Crippen LogP contribution in [0.5, 0.6) is 0 Å². The number of halogens is 1. The van der Waals surface area contributed by atoms with E-state index in [1.807, 2.05) is 6.92 Å². The summed E-state index contributed by atoms with van der Waals surface area (Å²) >= 11 is 3.27. The Bertz CT molecular complexity index is 398. The van der Waals surface area contributed by atoms with Gasteiger partial charge in [0.25, 0.3) is 5.91 Å². The van der Waals surface area contributed by atoms with Crippen LogP contribution in [-0.2, 0) is 0 Å². The van der Waals surface area contributed by atoms with Gasteiger partial charge in [-0.1, -0.05) is 5.92 Å². The molecule has 4 heteroatoms. The Kier molecular flexibility index (Phi) is 4.32. The van der Waals surface area contributed by atoms with Gasteiger partial charge in [0, 0.05) is 23.4 Å². The van der Waals surface area contributed by atoms with Crippen LogP contribution >= 0.6 is 15.9 Å². The average Bonchev–Trinajstić information content (AvgIpc) is 2.25. The Hall–Kier alpha value is -1.34. The van der Waals surface area contributed by atoms with Crippen molar-refractivity contribution >= 4 is 21.8 Å². The summed E-state index contributed by atoms with van der Waals surface area (Å²) in [7, 11) is 0. The van der Waals surface area contributed by atoms with Crippen LogP contribution in [0.25, 0.3) is 0 Å². The van der Waals surface area contributed by atoms with Crippen molar-refractivity contribution in [2.75, 3.05) is 13.1 Å². The summed E-state index contributed by atoms with van der Waals surface area (Å²) in [5, 5.41) is 0. The molecule has 15 heavy (non-hydrogen) atoms. The van der Waals surface area contributed by atoms with E-state index < -0.39 is 0 Å². The van der Waals surface area contributed by atoms with E-state index in [1.54, 1.807) is 17.2 Å². The summed E-state index contributed by atoms with van der Waals surface area (Å²) in [6, 6.07) is 1.73. The van der Waals surface area contributed by atoms with Crippen molar-refractivity contribution in [3.63, 3.8) is 0 Å². The molecule has 0 aliphatic rings. The Morgan fingerprint density at radius 3 is 2.93 bits per heavy atom. The molecule has 0 aliphatic heterocycles. The monoisotopic (exact) mass is 266 g/mol. The maximum absolute atomic E-state index is 11.9. The number of pyridine rings is 1. The fourth-order valence-electron chi connectivity index (χ4n) is 1.15. The van der Waals surface area contributed by atoms with E-state index in [1.165, 1.54) is 6.20 Å². The molecule has 1 aromatic rings. The van der Waals surface area contributed by atoms with Crippen molar-refractivity contribution in [1.82, 2.24) is 9.88 Å². The first kappa shape index (κ1) is 11.7. The Balaban J connectivity index is 2.88. The van der Waals surface area contributed by atoms with Gasteiger partial charge in [-0.2, -0.15) is 0 Å². The van der Waals surface area contributed by atoms with Gasteiger partial charge in [-0.15, -0.1) is 6.42 Å². The highest BCUT2D eigenvalue weighted by atomic mass is 79.9. The minimum atomic E-state index is -0.0933. The Morgan fingerprint density at radius 2 is 2.40 bits per heavy atom. The van der Waals surface area contributed by atoms with Crippen LogP contribution in [0.1, 0.15) is 17.3 Å². The minimum absolute atomic E-state index is 0.0933. The second-order valence-electron chi connectivity index (χ2n) is 2.92. The number of amides is 1. The number of hydrogen-bond acceptors (Lipinski definition) is 2. The van der Waals surface area contributed by atoms with E-state index in [-0.39, 0.29) is 5.91 Å². The third kappa shape index (κ3) is 3.07. The van der Waals surface area contributed by atoms with E-state index in [4.69, 9.17) is 6.42 Å². The van der Waals surface area contributed by atoms with Crippen molar-refractivity contribution in [3.8, 4) is 12.3 Å². The molecule has 0 unspecified atom stereocenters. The minimum Gasteiger partial charge on any atom is -0.328 e. The maximum Gasteiger partial charge on any atom is 0.256 e. The van der Waals surface area contributed by atoms with Gasteiger partial charge >= 0.3 is 0 Å². The van der Waals surface area contributed by atoms with Crippen molar-refractivity contribution < 1.29 is 4.79 Å². The molecule has 1 aromatic heterocycles. The molecule has 3 nitrogen and oxygen atoms in total. The summed E-state index contributed by atoms with van der Waals surface area (Å²) in [6.07, 6.45) is 8.35. The van der Waals surface area contributed by atoms with E-state index in [9.17, 15) is 4.79 Å². The number of carbonyl (C=O) groups is 1. The fraction of sp³-hybridized carbons (Fsp3) is 0.273. The van der Waals surface area contributed by atoms with Crippen LogP contribution in [0.4, 0.5) is 0 Å². The van der Waals surface area contributed by atoms with Crippen LogP contribution in [0.3, 0.4) is 0 Å². The summed E-state index contributed by atoms with van der Waals surface area (Å²) in [5.74, 6) is 2.36. The van der Waals surface area contributed by atoms with Gasteiger partial charge in [0.2, 0.25) is 0 Å². The van der Waals surface area contributed by atoms with Crippen molar-refractivity contribution in [1.29, 1.82) is 0 Å². The number of nitrogens with zero attached hydrogens (tertiary/aromatic N) is 2. The lowest BCUT2D eigenvalue weighted by atomic mass is 10.2. The van der Waals surface area contributed by atoms with Gasteiger partial charge in [0.15, 0.2) is 0 Å². The molecule has 0 atom stereocenters. The van der Waals surface area contributed by atoms with Crippen molar-refractivity contribution in [2.24, 2.45) is 0 Å². The van der Waals surface area contributed by atoms with Crippen LogP contribution in [-0.4, -0.2) is 28.9 Å². The molecule has 0 bridgehead atoms. The number of carbonyl (C=O) groups excluding carboxylic acids is 1. The van der Waals surface area contributed by atoms with Gasteiger partial charge in [0.1, 0.15) is 0 Å². The zero-order valence-electron chi connectivity index (χ0n) is 8.40. The van der Waals surface area contributed by atoms with E-state index in [0.29, 0.717) is 18.7 Å². The van der Waals surface area contributed by atoms with Gasteiger partial charge in [0.05, 0.1) is 12.1 Å². The van der Waals surface area contributed by atoms with E-state index in [0.717, 1.165) is 4.47 Å². The summed E-state index contributed by atoms with van der Waals surface area (Å²) in [5.41, 5.74) is 0.543. The number of aromatic nitrogens is 1. The SMILES string of the molecule is C#CCN(CC)C(=O)c1cncc(Br)c1. The first-order chi connectivity index (χ1) is 7.19. The molecule has 0 fully saturated rings. The van der Waals surface area contributed by atoms with Gasteiger partial charge in [-0.3, -0.25) is 9.78 Å². The highest BCUT2D eigenvalue weighted by molar-refractivity contribution is 9.10. The lowest BCUT2D eigenvalue weighted by Gasteiger charge is -2.17. The summed E-state index contributed by atoms with van der Waals surface area (Å²) in [4.78, 5) is 17.4. The zero-order valence-corrected chi connectivity index (χ0v) is 9.99. The smallest absolute Gasteiger partial charge is 0.256 e. The predicted octanol–water partition coefficient (Wildman–Crippen LogP) is 1.94. The lowest BCUT2D eigenvalue weighted by molar-refractivity contribution is 0.0784. The predicted molar refractivity (Wildman–Crippen MR) is 62.3 cm³/mol. The van der Waals surface area contributed by atoms with E-state index in [2.05, 4.69) is 26.8 Å². The molecule has 78 valence electrons. The Labute approximate surface area is 97.6 Å². The molecule has 0 N–H and O–H groups in total. The second kappa shape index (κ2) is 5.52. The number of rotatable bonds is 3. The molecule has 1 rings (SSSR count). The number of hydrogen-bond donors (Lipinski definition) is 0. The quantitative estimate of drug-likeness (QED) is 0.784. The van der Waals surface area contributed by atoms with Crippen LogP contribution in [0.2, 0.25) is 0 Å². The highest BCUT2D eigenvalue weighted by Crippen LogP contribution is 2.11. The first-order valence-corrected chi connectivity index (χ1v) is 5.31. The summed E-state index contributed by atoms with van der Waals surface area (Å²) < 4.78 is 0.783. The van der Waals surface area contributed by atoms with Gasteiger partial charge in [-0.25, -0.2) is 0 Å². The standard InChI is InChI=1S/C11H11BrN2O/c1-3-5-14(4-2)11(15)9-6-10(12)8-13-7-9/h1,6-8H,4-5H2,2H3. The van der Waals surface area contributed by atoms with Crippen LogP contribution < -0.4 is 0 Å². The van der Waals surface area contributed by atoms with Crippen LogP contribution in [0.15, 0.2) is 22.9 Å². The van der Waals surface area contributed by atoms with Gasteiger partial charge < -0.3 is 4.90 Å². The molecule has 0 spiro atoms. The molecule has 1 heterocycles. The molecule has 0 saturated heterocycles. The Morgan fingerprint density at radius 1 is 1.67 bits per heavy atom. The van der Waals surface area contributed by atoms with E-state index >= 15 is 0 Å². The van der Waals surface area contributed by atoms with Crippen molar-refractivity contribution in [3.05, 3.63) is 28.5 Å². The maximum atomic E-state index is 11.9. The largest absolute Gasteiger partial charge is 0.328 e. The molecular formula is C11H11BrN2O. The third-order valence-electron chi connectivity index (χ3n) is 1.90. The van der Waals surface area contributed by atoms with Crippen molar-refractivity contribution in [2.45, 2.75) is 6.92 Å². The van der Waals surface area contributed by atoms with Gasteiger partial charge in [-0.05, 0) is 28.9 Å². The third-order valence-corrected chi connectivity index (χ3v) is 2.34. The highest BCUT2D eigenvalue weighted by Gasteiger charge is 2.13. The fourth-order valence-corrected chi connectivity index (χ4v) is 1.51. The molecule has 1 amide bonds. The molecule has 0 saturated carbocycles. The average molecular weight is 267 g/mol. The first-order valence-electron chi connectivity index (χ1n) is 4.52. The molecule has 0 aromatic carbocycles. The molecule has 0 radical (unpaired) electrons. The normalized spacial score (nSPS) is 9.40.